The van der Waals surface area contributed by atoms with Gasteiger partial charge in [0.05, 0.1) is 10.6 Å². The molecule has 2 aromatic rings. The Morgan fingerprint density at radius 3 is 2.75 bits per heavy atom. The quantitative estimate of drug-likeness (QED) is 0.905. The Hall–Kier alpha value is -2.21. The van der Waals surface area contributed by atoms with E-state index in [1.807, 2.05) is 19.1 Å². The molecule has 1 N–H and O–H groups in total. The van der Waals surface area contributed by atoms with Crippen LogP contribution in [0.5, 0.6) is 0 Å². The van der Waals surface area contributed by atoms with E-state index in [1.54, 1.807) is 24.4 Å². The summed E-state index contributed by atoms with van der Waals surface area (Å²) in [5.74, 6) is -0.114. The summed E-state index contributed by atoms with van der Waals surface area (Å²) in [4.78, 5) is 16.3. The second-order valence-electron chi connectivity index (χ2n) is 6.12. The molecule has 0 fully saturated rings. The van der Waals surface area contributed by atoms with Crippen LogP contribution in [0.1, 0.15) is 29.5 Å². The van der Waals surface area contributed by atoms with Crippen LogP contribution in [-0.2, 0) is 27.5 Å². The van der Waals surface area contributed by atoms with Crippen LogP contribution in [0.15, 0.2) is 41.4 Å². The molecule has 1 heterocycles. The minimum atomic E-state index is -3.46. The molecule has 0 unspecified atom stereocenters. The van der Waals surface area contributed by atoms with Crippen molar-refractivity contribution in [3.05, 3.63) is 53.2 Å². The number of amides is 1. The minimum absolute atomic E-state index is 0.0883. The monoisotopic (exact) mass is 344 g/mol. The lowest BCUT2D eigenvalue weighted by molar-refractivity contribution is -0.115. The Bertz CT molecular complexity index is 876. The van der Waals surface area contributed by atoms with E-state index >= 15 is 0 Å². The Kier molecular flexibility index (Phi) is 4.66. The molecular formula is C18H20N2O3S. The summed E-state index contributed by atoms with van der Waals surface area (Å²) in [6, 6.07) is 8.88. The maximum absolute atomic E-state index is 12.4. The number of nitrogens with one attached hydrogen (secondary N) is 1. The molecule has 0 saturated carbocycles. The van der Waals surface area contributed by atoms with Crippen LogP contribution < -0.4 is 5.32 Å². The van der Waals surface area contributed by atoms with Crippen molar-refractivity contribution >= 4 is 21.6 Å². The lowest BCUT2D eigenvalue weighted by atomic mass is 10.1. The van der Waals surface area contributed by atoms with Crippen molar-refractivity contribution in [1.82, 2.24) is 4.98 Å². The fraction of sp³-hybridized carbons (Fsp3) is 0.333. The molecule has 5 nitrogen and oxygen atoms in total. The number of rotatable bonds is 5. The fourth-order valence-electron chi connectivity index (χ4n) is 2.90. The highest BCUT2D eigenvalue weighted by atomic mass is 32.2. The van der Waals surface area contributed by atoms with Crippen molar-refractivity contribution in [2.24, 2.45) is 0 Å². The summed E-state index contributed by atoms with van der Waals surface area (Å²) in [6.07, 6.45) is 4.53. The Labute approximate surface area is 142 Å². The van der Waals surface area contributed by atoms with Crippen molar-refractivity contribution in [1.29, 1.82) is 0 Å². The third-order valence-electron chi connectivity index (χ3n) is 4.21. The van der Waals surface area contributed by atoms with Gasteiger partial charge in [0, 0.05) is 12.6 Å². The van der Waals surface area contributed by atoms with Gasteiger partial charge in [-0.1, -0.05) is 6.07 Å². The standard InChI is InChI=1S/C18H20N2O3S/c1-13-7-9-19-17(11-13)20-18(21)8-10-24(22,23)16-6-5-14-3-2-4-15(14)12-16/h5-7,9,11-12H,2-4,8,10H2,1H3,(H,19,20,21). The van der Waals surface area contributed by atoms with Gasteiger partial charge in [-0.2, -0.15) is 0 Å². The van der Waals surface area contributed by atoms with Gasteiger partial charge in [0.1, 0.15) is 5.82 Å². The Morgan fingerprint density at radius 2 is 1.96 bits per heavy atom. The largest absolute Gasteiger partial charge is 0.311 e. The molecule has 0 radical (unpaired) electrons. The number of anilines is 1. The molecule has 6 heteroatoms. The van der Waals surface area contributed by atoms with Gasteiger partial charge in [-0.25, -0.2) is 13.4 Å². The van der Waals surface area contributed by atoms with Crippen LogP contribution in [-0.4, -0.2) is 25.1 Å². The van der Waals surface area contributed by atoms with Crippen LogP contribution >= 0.6 is 0 Å². The van der Waals surface area contributed by atoms with Crippen molar-refractivity contribution in [3.63, 3.8) is 0 Å². The summed E-state index contributed by atoms with van der Waals surface area (Å²) in [6.45, 7) is 1.90. The second kappa shape index (κ2) is 6.73. The molecule has 1 aliphatic rings. The molecule has 1 aromatic heterocycles. The first-order valence-electron chi connectivity index (χ1n) is 8.01. The third kappa shape index (κ3) is 3.82. The van der Waals surface area contributed by atoms with Crippen molar-refractivity contribution in [2.75, 3.05) is 11.1 Å². The van der Waals surface area contributed by atoms with Crippen LogP contribution in [0, 0.1) is 6.92 Å². The van der Waals surface area contributed by atoms with Gasteiger partial charge in [0.2, 0.25) is 5.91 Å². The molecule has 1 aromatic carbocycles. The summed E-state index contributed by atoms with van der Waals surface area (Å²) < 4.78 is 24.9. The van der Waals surface area contributed by atoms with Gasteiger partial charge in [0.15, 0.2) is 9.84 Å². The van der Waals surface area contributed by atoms with E-state index in [-0.39, 0.29) is 18.1 Å². The predicted octanol–water partition coefficient (Wildman–Crippen LogP) is 2.68. The number of carbonyl (C=O) groups is 1. The van der Waals surface area contributed by atoms with E-state index in [1.165, 1.54) is 5.56 Å². The number of fused-ring (bicyclic) bond motifs is 1. The molecule has 0 atom stereocenters. The molecule has 3 rings (SSSR count). The molecule has 1 amide bonds. The molecule has 0 saturated heterocycles. The van der Waals surface area contributed by atoms with Gasteiger partial charge in [-0.15, -0.1) is 0 Å². The normalized spacial score (nSPS) is 13.5. The maximum atomic E-state index is 12.4. The number of hydrogen-bond donors (Lipinski definition) is 1. The highest BCUT2D eigenvalue weighted by molar-refractivity contribution is 7.91. The van der Waals surface area contributed by atoms with Crippen molar-refractivity contribution in [3.8, 4) is 0 Å². The first kappa shape index (κ1) is 16.6. The lowest BCUT2D eigenvalue weighted by Crippen LogP contribution is -2.18. The molecule has 1 aliphatic carbocycles. The number of aryl methyl sites for hydroxylation is 3. The smallest absolute Gasteiger partial charge is 0.226 e. The molecule has 0 bridgehead atoms. The second-order valence-corrected chi connectivity index (χ2v) is 8.23. The van der Waals surface area contributed by atoms with Crippen LogP contribution in [0.4, 0.5) is 5.82 Å². The minimum Gasteiger partial charge on any atom is -0.311 e. The molecule has 24 heavy (non-hydrogen) atoms. The van der Waals surface area contributed by atoms with E-state index < -0.39 is 9.84 Å². The van der Waals surface area contributed by atoms with Crippen LogP contribution in [0.2, 0.25) is 0 Å². The van der Waals surface area contributed by atoms with Gasteiger partial charge in [-0.3, -0.25) is 4.79 Å². The highest BCUT2D eigenvalue weighted by Gasteiger charge is 2.20. The number of nitrogens with zero attached hydrogens (tertiary/aromatic N) is 1. The van der Waals surface area contributed by atoms with E-state index in [4.69, 9.17) is 0 Å². The predicted molar refractivity (Wildman–Crippen MR) is 92.7 cm³/mol. The van der Waals surface area contributed by atoms with Gasteiger partial charge < -0.3 is 5.32 Å². The fourth-order valence-corrected chi connectivity index (χ4v) is 4.18. The maximum Gasteiger partial charge on any atom is 0.226 e. The van der Waals surface area contributed by atoms with Gasteiger partial charge >= 0.3 is 0 Å². The molecule has 126 valence electrons. The van der Waals surface area contributed by atoms with E-state index in [9.17, 15) is 13.2 Å². The number of hydrogen-bond acceptors (Lipinski definition) is 4. The molecular weight excluding hydrogens is 324 g/mol. The number of aromatic nitrogens is 1. The average Bonchev–Trinajstić information content (AvgIpc) is 3.01. The Balaban J connectivity index is 1.63. The number of carbonyl (C=O) groups excluding carboxylic acids is 1. The van der Waals surface area contributed by atoms with Crippen molar-refractivity contribution in [2.45, 2.75) is 37.5 Å². The highest BCUT2D eigenvalue weighted by Crippen LogP contribution is 2.25. The average molecular weight is 344 g/mol. The summed E-state index contributed by atoms with van der Waals surface area (Å²) in [7, 11) is -3.46. The van der Waals surface area contributed by atoms with E-state index in [2.05, 4.69) is 10.3 Å². The zero-order valence-electron chi connectivity index (χ0n) is 13.6. The number of benzene rings is 1. The topological polar surface area (TPSA) is 76.1 Å². The molecule has 0 spiro atoms. The van der Waals surface area contributed by atoms with Crippen LogP contribution in [0.25, 0.3) is 0 Å². The summed E-state index contributed by atoms with van der Waals surface area (Å²) in [5, 5.41) is 2.63. The SMILES string of the molecule is Cc1ccnc(NC(=O)CCS(=O)(=O)c2ccc3c(c2)CCC3)c1. The first-order valence-corrected chi connectivity index (χ1v) is 9.66. The third-order valence-corrected chi connectivity index (χ3v) is 5.92. The van der Waals surface area contributed by atoms with Gasteiger partial charge in [0.25, 0.3) is 0 Å². The zero-order chi connectivity index (χ0) is 17.2. The molecule has 0 aliphatic heterocycles. The van der Waals surface area contributed by atoms with E-state index in [0.717, 1.165) is 30.4 Å². The van der Waals surface area contributed by atoms with Gasteiger partial charge in [-0.05, 0) is 67.1 Å². The Morgan fingerprint density at radius 1 is 1.17 bits per heavy atom. The van der Waals surface area contributed by atoms with Crippen LogP contribution in [0.3, 0.4) is 0 Å². The first-order chi connectivity index (χ1) is 11.4. The zero-order valence-corrected chi connectivity index (χ0v) is 14.4. The van der Waals surface area contributed by atoms with Crippen molar-refractivity contribution < 1.29 is 13.2 Å². The lowest BCUT2D eigenvalue weighted by Gasteiger charge is -2.08. The summed E-state index contributed by atoms with van der Waals surface area (Å²) in [5.41, 5.74) is 3.33. The van der Waals surface area contributed by atoms with E-state index in [0.29, 0.717) is 10.7 Å². The number of sulfone groups is 1. The number of pyridine rings is 1. The summed E-state index contributed by atoms with van der Waals surface area (Å²) >= 11 is 0.